The van der Waals surface area contributed by atoms with E-state index in [2.05, 4.69) is 20.2 Å². The molecule has 162 valence electrons. The molecule has 9 heteroatoms. The number of nitrogens with one attached hydrogen (secondary N) is 1. The van der Waals surface area contributed by atoms with E-state index in [1.54, 1.807) is 24.8 Å². The van der Waals surface area contributed by atoms with Gasteiger partial charge in [-0.1, -0.05) is 0 Å². The zero-order valence-corrected chi connectivity index (χ0v) is 17.1. The summed E-state index contributed by atoms with van der Waals surface area (Å²) in [5.41, 5.74) is 0.533. The molecule has 1 aromatic carbocycles. The van der Waals surface area contributed by atoms with Crippen LogP contribution in [0.4, 0.5) is 14.6 Å². The average molecular weight is 427 g/mol. The van der Waals surface area contributed by atoms with E-state index in [1.165, 1.54) is 0 Å². The summed E-state index contributed by atoms with van der Waals surface area (Å²) in [6.45, 7) is 4.15. The van der Waals surface area contributed by atoms with Crippen LogP contribution in [0.15, 0.2) is 35.6 Å². The normalized spacial score (nSPS) is 20.7. The van der Waals surface area contributed by atoms with Gasteiger partial charge in [-0.2, -0.15) is 4.39 Å². The van der Waals surface area contributed by atoms with Gasteiger partial charge >= 0.3 is 0 Å². The van der Waals surface area contributed by atoms with Gasteiger partial charge in [0.15, 0.2) is 17.0 Å². The number of halogens is 2. The van der Waals surface area contributed by atoms with Crippen molar-refractivity contribution in [3.63, 3.8) is 0 Å². The number of pyridine rings is 1. The fraction of sp³-hybridized carbons (Fsp3) is 0.409. The summed E-state index contributed by atoms with van der Waals surface area (Å²) in [5, 5.41) is 3.61. The summed E-state index contributed by atoms with van der Waals surface area (Å²) in [6.07, 6.45) is 8.79. The van der Waals surface area contributed by atoms with Gasteiger partial charge in [0, 0.05) is 49.8 Å². The highest BCUT2D eigenvalue weighted by atomic mass is 19.2. The van der Waals surface area contributed by atoms with E-state index in [0.717, 1.165) is 37.8 Å². The van der Waals surface area contributed by atoms with Crippen molar-refractivity contribution in [3.8, 4) is 5.75 Å². The SMILES string of the molecule is C[C@H]1COc2c(F)c(F)cc3c(=O)c(CN[C@H]4CCCN(c5cnccn5)C4)cn1c23. The summed E-state index contributed by atoms with van der Waals surface area (Å²) in [7, 11) is 0. The van der Waals surface area contributed by atoms with Crippen molar-refractivity contribution in [2.75, 3.05) is 24.6 Å². The molecule has 0 saturated carbocycles. The zero-order valence-electron chi connectivity index (χ0n) is 17.1. The minimum atomic E-state index is -1.07. The van der Waals surface area contributed by atoms with Crippen molar-refractivity contribution in [3.05, 3.63) is 58.3 Å². The third-order valence-corrected chi connectivity index (χ3v) is 6.06. The molecular weight excluding hydrogens is 404 g/mol. The van der Waals surface area contributed by atoms with E-state index in [1.807, 2.05) is 11.5 Å². The van der Waals surface area contributed by atoms with Crippen molar-refractivity contribution < 1.29 is 13.5 Å². The van der Waals surface area contributed by atoms with E-state index < -0.39 is 11.6 Å². The second-order valence-electron chi connectivity index (χ2n) is 8.18. The lowest BCUT2D eigenvalue weighted by molar-refractivity contribution is 0.233. The number of hydrogen-bond donors (Lipinski definition) is 1. The number of ether oxygens (including phenoxy) is 1. The van der Waals surface area contributed by atoms with Crippen molar-refractivity contribution >= 4 is 16.7 Å². The van der Waals surface area contributed by atoms with Crippen LogP contribution >= 0.6 is 0 Å². The van der Waals surface area contributed by atoms with Crippen LogP contribution in [0.5, 0.6) is 5.75 Å². The first-order valence-corrected chi connectivity index (χ1v) is 10.5. The standard InChI is InChI=1S/C22H23F2N5O2/c1-13-12-31-22-19(24)17(23)7-16-20(22)29(13)10-14(21(16)30)8-27-15-3-2-6-28(11-15)18-9-25-4-5-26-18/h4-5,7,9-10,13,15,27H,2-3,6,8,11-12H2,1H3/t13-,15-/m0/s1. The number of hydrogen-bond acceptors (Lipinski definition) is 6. The van der Waals surface area contributed by atoms with E-state index in [-0.39, 0.29) is 35.3 Å². The van der Waals surface area contributed by atoms with Gasteiger partial charge in [0.1, 0.15) is 12.4 Å². The summed E-state index contributed by atoms with van der Waals surface area (Å²) in [4.78, 5) is 23.8. The van der Waals surface area contributed by atoms with Crippen LogP contribution in [-0.2, 0) is 6.54 Å². The topological polar surface area (TPSA) is 72.3 Å². The molecule has 5 rings (SSSR count). The van der Waals surface area contributed by atoms with Crippen LogP contribution in [0.1, 0.15) is 31.4 Å². The fourth-order valence-electron chi connectivity index (χ4n) is 4.44. The second kappa shape index (κ2) is 7.88. The van der Waals surface area contributed by atoms with Gasteiger partial charge in [-0.3, -0.25) is 9.78 Å². The first-order chi connectivity index (χ1) is 15.0. The first-order valence-electron chi connectivity index (χ1n) is 10.5. The Bertz CT molecular complexity index is 1180. The molecular formula is C22H23F2N5O2. The Balaban J connectivity index is 1.42. The molecule has 2 aliphatic rings. The van der Waals surface area contributed by atoms with Gasteiger partial charge in [-0.15, -0.1) is 0 Å². The van der Waals surface area contributed by atoms with Crippen molar-refractivity contribution in [2.45, 2.75) is 38.4 Å². The van der Waals surface area contributed by atoms with E-state index >= 15 is 0 Å². The van der Waals surface area contributed by atoms with Gasteiger partial charge in [0.05, 0.1) is 23.1 Å². The molecule has 2 aromatic heterocycles. The fourth-order valence-corrected chi connectivity index (χ4v) is 4.44. The minimum Gasteiger partial charge on any atom is -0.486 e. The smallest absolute Gasteiger partial charge is 0.202 e. The first kappa shape index (κ1) is 19.9. The lowest BCUT2D eigenvalue weighted by Gasteiger charge is -2.34. The van der Waals surface area contributed by atoms with Gasteiger partial charge in [0.2, 0.25) is 5.82 Å². The Morgan fingerprint density at radius 2 is 2.19 bits per heavy atom. The maximum atomic E-state index is 14.2. The molecule has 4 heterocycles. The molecule has 7 nitrogen and oxygen atoms in total. The van der Waals surface area contributed by atoms with E-state index in [9.17, 15) is 13.6 Å². The lowest BCUT2D eigenvalue weighted by Crippen LogP contribution is -2.46. The quantitative estimate of drug-likeness (QED) is 0.691. The predicted octanol–water partition coefficient (Wildman–Crippen LogP) is 2.78. The molecule has 1 saturated heterocycles. The highest BCUT2D eigenvalue weighted by molar-refractivity contribution is 5.86. The summed E-state index contributed by atoms with van der Waals surface area (Å²) < 4.78 is 35.6. The molecule has 2 atom stereocenters. The number of benzene rings is 1. The molecule has 3 aromatic rings. The molecule has 0 aliphatic carbocycles. The lowest BCUT2D eigenvalue weighted by atomic mass is 10.0. The highest BCUT2D eigenvalue weighted by Gasteiger charge is 2.27. The van der Waals surface area contributed by atoms with Crippen LogP contribution in [0, 0.1) is 11.6 Å². The number of nitrogens with zero attached hydrogens (tertiary/aromatic N) is 4. The van der Waals surface area contributed by atoms with Crippen LogP contribution in [-0.4, -0.2) is 40.3 Å². The van der Waals surface area contributed by atoms with Crippen molar-refractivity contribution in [2.24, 2.45) is 0 Å². The van der Waals surface area contributed by atoms with Gasteiger partial charge < -0.3 is 19.5 Å². The average Bonchev–Trinajstić information content (AvgIpc) is 2.80. The molecule has 0 spiro atoms. The maximum absolute atomic E-state index is 14.2. The van der Waals surface area contributed by atoms with Crippen molar-refractivity contribution in [1.82, 2.24) is 19.9 Å². The minimum absolute atomic E-state index is 0.0963. The summed E-state index contributed by atoms with van der Waals surface area (Å²) in [5.74, 6) is -1.47. The van der Waals surface area contributed by atoms with Crippen LogP contribution in [0.2, 0.25) is 0 Å². The van der Waals surface area contributed by atoms with Crippen LogP contribution in [0.3, 0.4) is 0 Å². The molecule has 0 amide bonds. The Hall–Kier alpha value is -3.07. The Morgan fingerprint density at radius 3 is 3.00 bits per heavy atom. The molecule has 0 unspecified atom stereocenters. The molecule has 2 aliphatic heterocycles. The number of piperidine rings is 1. The van der Waals surface area contributed by atoms with Gasteiger partial charge in [-0.25, -0.2) is 9.37 Å². The number of aromatic nitrogens is 3. The second-order valence-corrected chi connectivity index (χ2v) is 8.18. The Labute approximate surface area is 177 Å². The number of rotatable bonds is 4. The number of anilines is 1. The van der Waals surface area contributed by atoms with E-state index in [4.69, 9.17) is 4.74 Å². The third kappa shape index (κ3) is 3.52. The van der Waals surface area contributed by atoms with Crippen LogP contribution < -0.4 is 20.4 Å². The Morgan fingerprint density at radius 1 is 1.32 bits per heavy atom. The summed E-state index contributed by atoms with van der Waals surface area (Å²) in [6, 6.07) is 1.06. The molecule has 0 radical (unpaired) electrons. The van der Waals surface area contributed by atoms with E-state index in [0.29, 0.717) is 17.6 Å². The van der Waals surface area contributed by atoms with Gasteiger partial charge in [-0.05, 0) is 25.8 Å². The molecule has 1 fully saturated rings. The van der Waals surface area contributed by atoms with Crippen molar-refractivity contribution in [1.29, 1.82) is 0 Å². The maximum Gasteiger partial charge on any atom is 0.202 e. The largest absolute Gasteiger partial charge is 0.486 e. The van der Waals surface area contributed by atoms with Gasteiger partial charge in [0.25, 0.3) is 0 Å². The van der Waals surface area contributed by atoms with Crippen LogP contribution in [0.25, 0.3) is 10.9 Å². The Kier molecular flexibility index (Phi) is 5.05. The third-order valence-electron chi connectivity index (χ3n) is 6.06. The zero-order chi connectivity index (χ0) is 21.5. The predicted molar refractivity (Wildman–Crippen MR) is 112 cm³/mol. The highest BCUT2D eigenvalue weighted by Crippen LogP contribution is 2.35. The molecule has 1 N–H and O–H groups in total. The molecule has 31 heavy (non-hydrogen) atoms. The summed E-state index contributed by atoms with van der Waals surface area (Å²) >= 11 is 0. The monoisotopic (exact) mass is 427 g/mol. The molecule has 0 bridgehead atoms.